The molecule has 1 aromatic heterocycles. The van der Waals surface area contributed by atoms with E-state index >= 15 is 0 Å². The Morgan fingerprint density at radius 2 is 2.07 bits per heavy atom. The van der Waals surface area contributed by atoms with Crippen LogP contribution >= 0.6 is 0 Å². The lowest BCUT2D eigenvalue weighted by atomic mass is 10.0. The minimum absolute atomic E-state index is 0.218. The Bertz CT molecular complexity index is 296. The van der Waals surface area contributed by atoms with Crippen LogP contribution in [0.3, 0.4) is 0 Å². The third kappa shape index (κ3) is 3.10. The summed E-state index contributed by atoms with van der Waals surface area (Å²) < 4.78 is 1.83. The van der Waals surface area contributed by atoms with Gasteiger partial charge in [-0.25, -0.2) is 4.98 Å². The van der Waals surface area contributed by atoms with Crippen LogP contribution in [0.25, 0.3) is 0 Å². The van der Waals surface area contributed by atoms with Gasteiger partial charge in [0.25, 0.3) is 0 Å². The molecule has 14 heavy (non-hydrogen) atoms. The van der Waals surface area contributed by atoms with Crippen LogP contribution in [0.15, 0.2) is 0 Å². The molecule has 0 amide bonds. The molecule has 1 aromatic rings. The molecule has 0 aliphatic heterocycles. The van der Waals surface area contributed by atoms with Gasteiger partial charge in [-0.15, -0.1) is 0 Å². The topological polar surface area (TPSA) is 56.7 Å². The first kappa shape index (κ1) is 11.2. The number of nitrogens with two attached hydrogens (primary N) is 1. The van der Waals surface area contributed by atoms with Crippen molar-refractivity contribution in [2.45, 2.75) is 45.6 Å². The molecule has 0 atom stereocenters. The highest BCUT2D eigenvalue weighted by Crippen LogP contribution is 2.08. The Kier molecular flexibility index (Phi) is 3.26. The van der Waals surface area contributed by atoms with Crippen LogP contribution in [0, 0.1) is 0 Å². The summed E-state index contributed by atoms with van der Waals surface area (Å²) in [6.07, 6.45) is 2.79. The number of aromatic nitrogens is 3. The average Bonchev–Trinajstić information content (AvgIpc) is 2.29. The molecule has 1 rings (SSSR count). The zero-order valence-corrected chi connectivity index (χ0v) is 9.54. The summed E-state index contributed by atoms with van der Waals surface area (Å²) >= 11 is 0. The second-order valence-corrected chi connectivity index (χ2v) is 4.48. The predicted molar refractivity (Wildman–Crippen MR) is 57.0 cm³/mol. The Morgan fingerprint density at radius 3 is 2.57 bits per heavy atom. The SMILES string of the molecule is CCCc1nc(CC(C)(C)N)n(C)n1. The van der Waals surface area contributed by atoms with Crippen molar-refractivity contribution in [3.63, 3.8) is 0 Å². The van der Waals surface area contributed by atoms with E-state index in [9.17, 15) is 0 Å². The van der Waals surface area contributed by atoms with Crippen molar-refractivity contribution < 1.29 is 0 Å². The molecular weight excluding hydrogens is 176 g/mol. The monoisotopic (exact) mass is 196 g/mol. The van der Waals surface area contributed by atoms with Crippen LogP contribution in [-0.2, 0) is 19.9 Å². The standard InChI is InChI=1S/C10H20N4/c1-5-6-8-12-9(14(4)13-8)7-10(2,3)11/h5-7,11H2,1-4H3. The van der Waals surface area contributed by atoms with E-state index in [-0.39, 0.29) is 5.54 Å². The second kappa shape index (κ2) is 4.09. The molecule has 0 saturated carbocycles. The van der Waals surface area contributed by atoms with Gasteiger partial charge in [0.15, 0.2) is 5.82 Å². The van der Waals surface area contributed by atoms with Gasteiger partial charge in [0.2, 0.25) is 0 Å². The van der Waals surface area contributed by atoms with Gasteiger partial charge in [-0.2, -0.15) is 5.10 Å². The lowest BCUT2D eigenvalue weighted by Gasteiger charge is -2.16. The van der Waals surface area contributed by atoms with Gasteiger partial charge < -0.3 is 5.73 Å². The Morgan fingerprint density at radius 1 is 1.43 bits per heavy atom. The molecule has 80 valence electrons. The number of hydrogen-bond donors (Lipinski definition) is 1. The summed E-state index contributed by atoms with van der Waals surface area (Å²) in [6.45, 7) is 6.13. The van der Waals surface area contributed by atoms with E-state index in [1.807, 2.05) is 25.6 Å². The van der Waals surface area contributed by atoms with Crippen molar-refractivity contribution >= 4 is 0 Å². The van der Waals surface area contributed by atoms with E-state index in [0.29, 0.717) is 0 Å². The molecule has 1 heterocycles. The zero-order chi connectivity index (χ0) is 10.8. The van der Waals surface area contributed by atoms with E-state index in [4.69, 9.17) is 5.73 Å². The highest BCUT2D eigenvalue weighted by molar-refractivity contribution is 4.97. The van der Waals surface area contributed by atoms with Gasteiger partial charge in [-0.3, -0.25) is 4.68 Å². The van der Waals surface area contributed by atoms with Gasteiger partial charge >= 0.3 is 0 Å². The molecule has 0 aliphatic carbocycles. The first-order chi connectivity index (χ1) is 6.42. The van der Waals surface area contributed by atoms with Gasteiger partial charge in [-0.05, 0) is 20.3 Å². The number of rotatable bonds is 4. The third-order valence-corrected chi connectivity index (χ3v) is 1.98. The largest absolute Gasteiger partial charge is 0.325 e. The second-order valence-electron chi connectivity index (χ2n) is 4.48. The summed E-state index contributed by atoms with van der Waals surface area (Å²) in [5.74, 6) is 1.90. The maximum Gasteiger partial charge on any atom is 0.150 e. The maximum atomic E-state index is 5.94. The highest BCUT2D eigenvalue weighted by Gasteiger charge is 2.16. The molecule has 4 nitrogen and oxygen atoms in total. The molecule has 4 heteroatoms. The summed E-state index contributed by atoms with van der Waals surface area (Å²) in [7, 11) is 1.92. The fraction of sp³-hybridized carbons (Fsp3) is 0.800. The van der Waals surface area contributed by atoms with Crippen molar-refractivity contribution in [1.82, 2.24) is 14.8 Å². The molecule has 0 spiro atoms. The van der Waals surface area contributed by atoms with E-state index in [1.165, 1.54) is 0 Å². The molecule has 0 radical (unpaired) electrons. The maximum absolute atomic E-state index is 5.94. The summed E-state index contributed by atoms with van der Waals surface area (Å²) in [5, 5.41) is 4.33. The number of nitrogens with zero attached hydrogens (tertiary/aromatic N) is 3. The predicted octanol–water partition coefficient (Wildman–Crippen LogP) is 1.05. The first-order valence-electron chi connectivity index (χ1n) is 5.10. The molecule has 0 bridgehead atoms. The third-order valence-electron chi connectivity index (χ3n) is 1.98. The van der Waals surface area contributed by atoms with Gasteiger partial charge in [0.1, 0.15) is 5.82 Å². The van der Waals surface area contributed by atoms with Crippen molar-refractivity contribution in [1.29, 1.82) is 0 Å². The van der Waals surface area contributed by atoms with E-state index in [1.54, 1.807) is 0 Å². The molecule has 0 unspecified atom stereocenters. The van der Waals surface area contributed by atoms with E-state index in [2.05, 4.69) is 17.0 Å². The number of hydrogen-bond acceptors (Lipinski definition) is 3. The Labute approximate surface area is 85.5 Å². The molecule has 0 aromatic carbocycles. The zero-order valence-electron chi connectivity index (χ0n) is 9.54. The first-order valence-corrected chi connectivity index (χ1v) is 5.10. The molecule has 0 fully saturated rings. The van der Waals surface area contributed by atoms with E-state index < -0.39 is 0 Å². The Hall–Kier alpha value is -0.900. The van der Waals surface area contributed by atoms with Crippen LogP contribution in [-0.4, -0.2) is 20.3 Å². The molecule has 2 N–H and O–H groups in total. The van der Waals surface area contributed by atoms with Gasteiger partial charge in [0, 0.05) is 25.4 Å². The molecular formula is C10H20N4. The fourth-order valence-corrected chi connectivity index (χ4v) is 1.37. The lowest BCUT2D eigenvalue weighted by molar-refractivity contribution is 0.488. The fourth-order valence-electron chi connectivity index (χ4n) is 1.37. The summed E-state index contributed by atoms with van der Waals surface area (Å²) in [5.41, 5.74) is 5.72. The molecule has 0 aliphatic rings. The van der Waals surface area contributed by atoms with Gasteiger partial charge in [0.05, 0.1) is 0 Å². The van der Waals surface area contributed by atoms with Crippen LogP contribution in [0.1, 0.15) is 38.8 Å². The summed E-state index contributed by atoms with van der Waals surface area (Å²) in [4.78, 5) is 4.46. The smallest absolute Gasteiger partial charge is 0.150 e. The quantitative estimate of drug-likeness (QED) is 0.783. The minimum Gasteiger partial charge on any atom is -0.325 e. The van der Waals surface area contributed by atoms with Crippen LogP contribution < -0.4 is 5.73 Å². The van der Waals surface area contributed by atoms with Crippen molar-refractivity contribution in [2.75, 3.05) is 0 Å². The lowest BCUT2D eigenvalue weighted by Crippen LogP contribution is -2.35. The number of aryl methyl sites for hydroxylation is 2. The van der Waals surface area contributed by atoms with Crippen LogP contribution in [0.2, 0.25) is 0 Å². The van der Waals surface area contributed by atoms with Crippen molar-refractivity contribution in [3.05, 3.63) is 11.6 Å². The summed E-state index contributed by atoms with van der Waals surface area (Å²) in [6, 6.07) is 0. The highest BCUT2D eigenvalue weighted by atomic mass is 15.3. The minimum atomic E-state index is -0.218. The van der Waals surface area contributed by atoms with Crippen LogP contribution in [0.4, 0.5) is 0 Å². The Balaban J connectivity index is 2.77. The average molecular weight is 196 g/mol. The van der Waals surface area contributed by atoms with Crippen LogP contribution in [0.5, 0.6) is 0 Å². The molecule has 0 saturated heterocycles. The van der Waals surface area contributed by atoms with Crippen molar-refractivity contribution in [3.8, 4) is 0 Å². The normalized spacial score (nSPS) is 12.1. The van der Waals surface area contributed by atoms with Gasteiger partial charge in [-0.1, -0.05) is 6.92 Å². The van der Waals surface area contributed by atoms with E-state index in [0.717, 1.165) is 30.9 Å². The van der Waals surface area contributed by atoms with Crippen molar-refractivity contribution in [2.24, 2.45) is 12.8 Å².